The van der Waals surface area contributed by atoms with Gasteiger partial charge < -0.3 is 4.42 Å². The Kier molecular flexibility index (Phi) is 3.30. The molecule has 0 N–H and O–H groups in total. The van der Waals surface area contributed by atoms with E-state index in [0.717, 1.165) is 5.56 Å². The number of oxazole rings is 1. The van der Waals surface area contributed by atoms with Crippen LogP contribution >= 0.6 is 27.5 Å². The highest BCUT2D eigenvalue weighted by molar-refractivity contribution is 9.10. The summed E-state index contributed by atoms with van der Waals surface area (Å²) in [5.74, 6) is 0.711. The number of aromatic nitrogens is 1. The third-order valence-corrected chi connectivity index (χ3v) is 2.90. The molecule has 1 unspecified atom stereocenters. The zero-order chi connectivity index (χ0) is 11.7. The first-order chi connectivity index (χ1) is 7.58. The summed E-state index contributed by atoms with van der Waals surface area (Å²) in [6, 6.07) is 4.37. The highest BCUT2D eigenvalue weighted by Gasteiger charge is 2.13. The van der Waals surface area contributed by atoms with Crippen molar-refractivity contribution >= 4 is 27.5 Å². The van der Waals surface area contributed by atoms with E-state index < -0.39 is 0 Å². The quantitative estimate of drug-likeness (QED) is 0.761. The van der Waals surface area contributed by atoms with Crippen molar-refractivity contribution in [1.82, 2.24) is 4.98 Å². The molecule has 0 amide bonds. The molecule has 1 heterocycles. The molecule has 84 valence electrons. The number of alkyl halides is 1. The fourth-order valence-corrected chi connectivity index (χ4v) is 1.93. The number of rotatable bonds is 2. The largest absolute Gasteiger partial charge is 0.439 e. The standard InChI is InChI=1S/C11H8BrClFNO/c1-6(13)11-15-5-10(16-11)8-3-2-7(14)4-9(8)12/h2-6H,1H3. The Morgan fingerprint density at radius 2 is 2.25 bits per heavy atom. The maximum absolute atomic E-state index is 12.9. The molecule has 2 nitrogen and oxygen atoms in total. The van der Waals surface area contributed by atoms with Crippen LogP contribution in [0.5, 0.6) is 0 Å². The zero-order valence-corrected chi connectivity index (χ0v) is 10.7. The van der Waals surface area contributed by atoms with E-state index in [-0.39, 0.29) is 11.2 Å². The molecular weight excluding hydrogens is 296 g/mol. The van der Waals surface area contributed by atoms with Crippen LogP contribution in [0.1, 0.15) is 18.2 Å². The van der Waals surface area contributed by atoms with Crippen molar-refractivity contribution in [2.75, 3.05) is 0 Å². The van der Waals surface area contributed by atoms with E-state index in [1.165, 1.54) is 12.1 Å². The number of hydrogen-bond acceptors (Lipinski definition) is 2. The second-order valence-corrected chi connectivity index (χ2v) is 4.81. The van der Waals surface area contributed by atoms with E-state index >= 15 is 0 Å². The molecule has 2 aromatic rings. The molecule has 5 heteroatoms. The monoisotopic (exact) mass is 303 g/mol. The molecule has 1 aromatic carbocycles. The topological polar surface area (TPSA) is 26.0 Å². The molecule has 16 heavy (non-hydrogen) atoms. The number of nitrogens with zero attached hydrogens (tertiary/aromatic N) is 1. The van der Waals surface area contributed by atoms with Gasteiger partial charge in [-0.15, -0.1) is 11.6 Å². The fraction of sp³-hybridized carbons (Fsp3) is 0.182. The van der Waals surface area contributed by atoms with Crippen molar-refractivity contribution in [2.24, 2.45) is 0 Å². The molecule has 2 rings (SSSR count). The smallest absolute Gasteiger partial charge is 0.212 e. The van der Waals surface area contributed by atoms with Gasteiger partial charge in [-0.3, -0.25) is 0 Å². The van der Waals surface area contributed by atoms with Gasteiger partial charge in [-0.1, -0.05) is 0 Å². The Morgan fingerprint density at radius 1 is 1.50 bits per heavy atom. The van der Waals surface area contributed by atoms with E-state index in [2.05, 4.69) is 20.9 Å². The molecule has 0 aliphatic rings. The number of halogens is 3. The minimum atomic E-state index is -0.305. The van der Waals surface area contributed by atoms with E-state index in [9.17, 15) is 4.39 Å². The predicted octanol–water partition coefficient (Wildman–Crippen LogP) is 4.54. The fourth-order valence-electron chi connectivity index (χ4n) is 1.29. The van der Waals surface area contributed by atoms with Crippen LogP contribution in [0.4, 0.5) is 4.39 Å². The van der Waals surface area contributed by atoms with Crippen LogP contribution in [-0.4, -0.2) is 4.98 Å². The molecule has 0 spiro atoms. The van der Waals surface area contributed by atoms with Gasteiger partial charge in [-0.25, -0.2) is 9.37 Å². The lowest BCUT2D eigenvalue weighted by atomic mass is 10.2. The Bertz CT molecular complexity index is 512. The number of hydrogen-bond donors (Lipinski definition) is 0. The minimum Gasteiger partial charge on any atom is -0.439 e. The summed E-state index contributed by atoms with van der Waals surface area (Å²) in [5, 5.41) is -0.284. The maximum atomic E-state index is 12.9. The van der Waals surface area contributed by atoms with Gasteiger partial charge in [0.1, 0.15) is 11.2 Å². The summed E-state index contributed by atoms with van der Waals surface area (Å²) >= 11 is 9.11. The molecule has 0 radical (unpaired) electrons. The van der Waals surface area contributed by atoms with Crippen LogP contribution in [0.25, 0.3) is 11.3 Å². The molecular formula is C11H8BrClFNO. The Balaban J connectivity index is 2.42. The molecule has 1 atom stereocenters. The molecule has 0 saturated heterocycles. The Labute approximate surface area is 106 Å². The third kappa shape index (κ3) is 2.28. The van der Waals surface area contributed by atoms with E-state index in [0.29, 0.717) is 16.1 Å². The third-order valence-electron chi connectivity index (χ3n) is 2.06. The van der Waals surface area contributed by atoms with Gasteiger partial charge in [0, 0.05) is 10.0 Å². The van der Waals surface area contributed by atoms with E-state index in [1.54, 1.807) is 19.2 Å². The molecule has 0 saturated carbocycles. The molecule has 1 aromatic heterocycles. The van der Waals surface area contributed by atoms with Crippen molar-refractivity contribution in [2.45, 2.75) is 12.3 Å². The maximum Gasteiger partial charge on any atom is 0.212 e. The number of benzene rings is 1. The predicted molar refractivity (Wildman–Crippen MR) is 63.9 cm³/mol. The van der Waals surface area contributed by atoms with Crippen LogP contribution in [0, 0.1) is 5.82 Å². The molecule has 0 aliphatic heterocycles. The van der Waals surface area contributed by atoms with Crippen LogP contribution < -0.4 is 0 Å². The van der Waals surface area contributed by atoms with Crippen LogP contribution in [0.15, 0.2) is 33.3 Å². The van der Waals surface area contributed by atoms with Gasteiger partial charge in [0.05, 0.1) is 6.20 Å². The second kappa shape index (κ2) is 4.55. The van der Waals surface area contributed by atoms with Crippen molar-refractivity contribution < 1.29 is 8.81 Å². The lowest BCUT2D eigenvalue weighted by Gasteiger charge is -2.00. The second-order valence-electron chi connectivity index (χ2n) is 3.30. The van der Waals surface area contributed by atoms with Crippen LogP contribution in [-0.2, 0) is 0 Å². The van der Waals surface area contributed by atoms with Gasteiger partial charge in [-0.2, -0.15) is 0 Å². The van der Waals surface area contributed by atoms with Gasteiger partial charge in [-0.05, 0) is 41.1 Å². The molecule has 0 bridgehead atoms. The van der Waals surface area contributed by atoms with Gasteiger partial charge in [0.25, 0.3) is 0 Å². The normalized spacial score (nSPS) is 12.8. The van der Waals surface area contributed by atoms with Crippen molar-refractivity contribution in [3.63, 3.8) is 0 Å². The Morgan fingerprint density at radius 3 is 2.81 bits per heavy atom. The summed E-state index contributed by atoms with van der Waals surface area (Å²) < 4.78 is 19.0. The summed E-state index contributed by atoms with van der Waals surface area (Å²) in [5.41, 5.74) is 0.748. The van der Waals surface area contributed by atoms with Gasteiger partial charge in [0.2, 0.25) is 5.89 Å². The highest BCUT2D eigenvalue weighted by atomic mass is 79.9. The average Bonchev–Trinajstić information content (AvgIpc) is 2.66. The van der Waals surface area contributed by atoms with Crippen LogP contribution in [0.3, 0.4) is 0 Å². The summed E-state index contributed by atoms with van der Waals surface area (Å²) in [4.78, 5) is 4.04. The molecule has 0 aliphatic carbocycles. The van der Waals surface area contributed by atoms with E-state index in [4.69, 9.17) is 16.0 Å². The summed E-state index contributed by atoms with van der Waals surface area (Å²) in [6.07, 6.45) is 1.58. The highest BCUT2D eigenvalue weighted by Crippen LogP contribution is 2.31. The first kappa shape index (κ1) is 11.6. The average molecular weight is 305 g/mol. The van der Waals surface area contributed by atoms with E-state index in [1.807, 2.05) is 0 Å². The van der Waals surface area contributed by atoms with Crippen molar-refractivity contribution in [3.8, 4) is 11.3 Å². The van der Waals surface area contributed by atoms with Gasteiger partial charge >= 0.3 is 0 Å². The van der Waals surface area contributed by atoms with Crippen molar-refractivity contribution in [3.05, 3.63) is 40.6 Å². The minimum absolute atomic E-state index is 0.284. The summed E-state index contributed by atoms with van der Waals surface area (Å²) in [7, 11) is 0. The SMILES string of the molecule is CC(Cl)c1ncc(-c2ccc(F)cc2Br)o1. The summed E-state index contributed by atoms with van der Waals surface area (Å²) in [6.45, 7) is 1.77. The van der Waals surface area contributed by atoms with Gasteiger partial charge in [0.15, 0.2) is 5.76 Å². The lowest BCUT2D eigenvalue weighted by Crippen LogP contribution is -1.81. The van der Waals surface area contributed by atoms with Crippen LogP contribution in [0.2, 0.25) is 0 Å². The zero-order valence-electron chi connectivity index (χ0n) is 8.38. The Hall–Kier alpha value is -0.870. The molecule has 0 fully saturated rings. The van der Waals surface area contributed by atoms with Crippen molar-refractivity contribution in [1.29, 1.82) is 0 Å². The first-order valence-corrected chi connectivity index (χ1v) is 5.86. The first-order valence-electron chi connectivity index (χ1n) is 4.63. The lowest BCUT2D eigenvalue weighted by molar-refractivity contribution is 0.507.